The number of aryl methyl sites for hydroxylation is 1. The Morgan fingerprint density at radius 3 is 2.78 bits per heavy atom. The maximum Gasteiger partial charge on any atom is 0.347 e. The zero-order valence-corrected chi connectivity index (χ0v) is 10.1. The lowest BCUT2D eigenvalue weighted by molar-refractivity contribution is 0.757. The molecular weight excluding hydrogens is 228 g/mol. The lowest BCUT2D eigenvalue weighted by atomic mass is 10.2. The van der Waals surface area contributed by atoms with Crippen molar-refractivity contribution in [2.24, 2.45) is 0 Å². The Morgan fingerprint density at radius 1 is 1.22 bits per heavy atom. The van der Waals surface area contributed by atoms with Crippen LogP contribution in [0.1, 0.15) is 16.8 Å². The molecular formula is C13H14N4O. The first-order valence-electron chi connectivity index (χ1n) is 5.89. The van der Waals surface area contributed by atoms with Crippen molar-refractivity contribution in [3.05, 3.63) is 51.6 Å². The van der Waals surface area contributed by atoms with Gasteiger partial charge in [0.15, 0.2) is 0 Å². The number of hydrogen-bond acceptors (Lipinski definition) is 4. The minimum Gasteiger partial charge on any atom is -0.340 e. The quantitative estimate of drug-likeness (QED) is 0.745. The van der Waals surface area contributed by atoms with E-state index in [0.717, 1.165) is 23.5 Å². The van der Waals surface area contributed by atoms with Gasteiger partial charge in [-0.15, -0.1) is 0 Å². The summed E-state index contributed by atoms with van der Waals surface area (Å²) in [5.41, 5.74) is 3.78. The topological polar surface area (TPSA) is 69.8 Å². The maximum atomic E-state index is 11.5. The highest BCUT2D eigenvalue weighted by molar-refractivity contribution is 5.60. The summed E-state index contributed by atoms with van der Waals surface area (Å²) in [5, 5.41) is 6.40. The molecule has 0 bridgehead atoms. The number of benzene rings is 1. The van der Waals surface area contributed by atoms with Crippen molar-refractivity contribution in [1.29, 1.82) is 0 Å². The summed E-state index contributed by atoms with van der Waals surface area (Å²) >= 11 is 0. The normalized spacial score (nSPS) is 13.4. The van der Waals surface area contributed by atoms with Crippen LogP contribution in [0.25, 0.3) is 0 Å². The Balaban J connectivity index is 1.98. The fourth-order valence-electron chi connectivity index (χ4n) is 2.08. The summed E-state index contributed by atoms with van der Waals surface area (Å²) in [6.45, 7) is 3.46. The van der Waals surface area contributed by atoms with Crippen molar-refractivity contribution < 1.29 is 0 Å². The van der Waals surface area contributed by atoms with Gasteiger partial charge in [-0.25, -0.2) is 4.79 Å². The van der Waals surface area contributed by atoms with Crippen LogP contribution in [-0.2, 0) is 13.1 Å². The van der Waals surface area contributed by atoms with Gasteiger partial charge in [0.25, 0.3) is 0 Å². The molecule has 92 valence electrons. The highest BCUT2D eigenvalue weighted by Gasteiger charge is 2.17. The van der Waals surface area contributed by atoms with E-state index in [1.165, 1.54) is 5.56 Å². The van der Waals surface area contributed by atoms with Gasteiger partial charge >= 0.3 is 5.69 Å². The van der Waals surface area contributed by atoms with E-state index in [1.807, 2.05) is 31.2 Å². The number of hydrogen-bond donors (Lipinski definition) is 3. The molecule has 0 amide bonds. The van der Waals surface area contributed by atoms with Crippen LogP contribution in [-0.4, -0.2) is 9.97 Å². The van der Waals surface area contributed by atoms with E-state index in [4.69, 9.17) is 0 Å². The molecule has 1 aromatic heterocycles. The average molecular weight is 242 g/mol. The number of aromatic amines is 1. The third kappa shape index (κ3) is 2.00. The van der Waals surface area contributed by atoms with Crippen molar-refractivity contribution in [3.63, 3.8) is 0 Å². The Kier molecular flexibility index (Phi) is 2.60. The zero-order valence-electron chi connectivity index (χ0n) is 10.1. The largest absolute Gasteiger partial charge is 0.347 e. The molecule has 0 unspecified atom stereocenters. The predicted molar refractivity (Wildman–Crippen MR) is 69.9 cm³/mol. The minimum atomic E-state index is -0.313. The lowest BCUT2D eigenvalue weighted by Gasteiger charge is -2.09. The van der Waals surface area contributed by atoms with Crippen LogP contribution < -0.4 is 16.3 Å². The predicted octanol–water partition coefficient (Wildman–Crippen LogP) is 1.43. The van der Waals surface area contributed by atoms with Crippen molar-refractivity contribution >= 4 is 11.5 Å². The van der Waals surface area contributed by atoms with Gasteiger partial charge in [0, 0.05) is 30.0 Å². The minimum absolute atomic E-state index is 0.313. The van der Waals surface area contributed by atoms with E-state index in [9.17, 15) is 4.79 Å². The van der Waals surface area contributed by atoms with Crippen LogP contribution in [0.4, 0.5) is 11.5 Å². The third-order valence-electron chi connectivity index (χ3n) is 3.04. The Labute approximate surface area is 104 Å². The van der Waals surface area contributed by atoms with Crippen LogP contribution in [0.5, 0.6) is 0 Å². The van der Waals surface area contributed by atoms with Gasteiger partial charge in [0.2, 0.25) is 0 Å². The summed E-state index contributed by atoms with van der Waals surface area (Å²) < 4.78 is 0. The van der Waals surface area contributed by atoms with Crippen LogP contribution in [0.15, 0.2) is 29.1 Å². The molecule has 0 fully saturated rings. The molecule has 1 aliphatic rings. The molecule has 5 heteroatoms. The van der Waals surface area contributed by atoms with Gasteiger partial charge in [0.05, 0.1) is 0 Å². The number of aromatic nitrogens is 2. The van der Waals surface area contributed by atoms with Gasteiger partial charge in [-0.1, -0.05) is 17.7 Å². The smallest absolute Gasteiger partial charge is 0.340 e. The van der Waals surface area contributed by atoms with Gasteiger partial charge in [0.1, 0.15) is 5.82 Å². The molecule has 3 N–H and O–H groups in total. The third-order valence-corrected chi connectivity index (χ3v) is 3.04. The first-order chi connectivity index (χ1) is 8.72. The number of anilines is 2. The van der Waals surface area contributed by atoms with Crippen LogP contribution in [0.2, 0.25) is 0 Å². The van der Waals surface area contributed by atoms with E-state index in [1.54, 1.807) is 0 Å². The van der Waals surface area contributed by atoms with Crippen molar-refractivity contribution in [2.45, 2.75) is 20.0 Å². The molecule has 5 nitrogen and oxygen atoms in total. The van der Waals surface area contributed by atoms with Gasteiger partial charge in [-0.3, -0.25) is 0 Å². The Morgan fingerprint density at radius 2 is 2.00 bits per heavy atom. The van der Waals surface area contributed by atoms with E-state index < -0.39 is 0 Å². The molecule has 3 rings (SSSR count). The van der Waals surface area contributed by atoms with Crippen molar-refractivity contribution in [1.82, 2.24) is 15.3 Å². The van der Waals surface area contributed by atoms with Crippen LogP contribution in [0, 0.1) is 6.92 Å². The first-order valence-corrected chi connectivity index (χ1v) is 5.89. The maximum absolute atomic E-state index is 11.5. The molecule has 0 spiro atoms. The van der Waals surface area contributed by atoms with E-state index in [-0.39, 0.29) is 5.69 Å². The molecule has 0 radical (unpaired) electrons. The fraction of sp³-hybridized carbons (Fsp3) is 0.231. The molecule has 0 saturated heterocycles. The van der Waals surface area contributed by atoms with Crippen LogP contribution in [0.3, 0.4) is 0 Å². The molecule has 2 aromatic rings. The first kappa shape index (κ1) is 11.0. The Hall–Kier alpha value is -2.14. The second-order valence-electron chi connectivity index (χ2n) is 4.44. The molecule has 1 aliphatic heterocycles. The number of rotatable bonds is 2. The van der Waals surface area contributed by atoms with Crippen molar-refractivity contribution in [3.8, 4) is 0 Å². The summed E-state index contributed by atoms with van der Waals surface area (Å²) in [7, 11) is 0. The molecule has 0 aliphatic carbocycles. The fourth-order valence-corrected chi connectivity index (χ4v) is 2.08. The zero-order chi connectivity index (χ0) is 12.5. The standard InChI is InChI=1S/C13H14N4O/c1-8-2-4-9(5-3-8)15-12-10-6-14-7-11(10)16-13(18)17-12/h2-5,14H,6-7H2,1H3,(H2,15,16,17,18). The summed E-state index contributed by atoms with van der Waals surface area (Å²) in [5.74, 6) is 0.641. The van der Waals surface area contributed by atoms with Crippen LogP contribution >= 0.6 is 0 Å². The highest BCUT2D eigenvalue weighted by Crippen LogP contribution is 2.22. The molecule has 0 saturated carbocycles. The molecule has 18 heavy (non-hydrogen) atoms. The number of H-pyrrole nitrogens is 1. The van der Waals surface area contributed by atoms with E-state index in [0.29, 0.717) is 12.4 Å². The monoisotopic (exact) mass is 242 g/mol. The molecule has 1 aromatic carbocycles. The summed E-state index contributed by atoms with van der Waals surface area (Å²) in [6, 6.07) is 8.00. The van der Waals surface area contributed by atoms with Gasteiger partial charge in [-0.2, -0.15) is 4.98 Å². The number of nitrogens with zero attached hydrogens (tertiary/aromatic N) is 1. The van der Waals surface area contributed by atoms with Gasteiger partial charge in [-0.05, 0) is 19.1 Å². The lowest BCUT2D eigenvalue weighted by Crippen LogP contribution is -2.16. The van der Waals surface area contributed by atoms with Crippen molar-refractivity contribution in [2.75, 3.05) is 5.32 Å². The second-order valence-corrected chi connectivity index (χ2v) is 4.44. The highest BCUT2D eigenvalue weighted by atomic mass is 16.1. The number of fused-ring (bicyclic) bond motifs is 1. The molecule has 2 heterocycles. The number of nitrogens with one attached hydrogen (secondary N) is 3. The Bertz CT molecular complexity index is 630. The summed E-state index contributed by atoms with van der Waals surface area (Å²) in [6.07, 6.45) is 0. The average Bonchev–Trinajstić information content (AvgIpc) is 2.80. The second kappa shape index (κ2) is 4.27. The molecule has 0 atom stereocenters. The van der Waals surface area contributed by atoms with E-state index >= 15 is 0 Å². The van der Waals surface area contributed by atoms with E-state index in [2.05, 4.69) is 20.6 Å². The summed E-state index contributed by atoms with van der Waals surface area (Å²) in [4.78, 5) is 18.2. The SMILES string of the molecule is Cc1ccc(Nc2nc(=O)[nH]c3c2CNC3)cc1. The van der Waals surface area contributed by atoms with Gasteiger partial charge < -0.3 is 15.6 Å².